The molecule has 23 N–H and O–H groups in total. The van der Waals surface area contributed by atoms with Crippen molar-refractivity contribution in [2.24, 2.45) is 97.5 Å². The van der Waals surface area contributed by atoms with Gasteiger partial charge in [0.15, 0.2) is 40.8 Å². The average Bonchev–Trinajstić information content (AvgIpc) is 0.992. The highest BCUT2D eigenvalue weighted by Crippen LogP contribution is 2.25. The number of aromatic hydroxyl groups is 1. The first-order valence-corrected chi connectivity index (χ1v) is 35.3. The van der Waals surface area contributed by atoms with Gasteiger partial charge < -0.3 is 87.1 Å². The second kappa shape index (κ2) is 48.2. The van der Waals surface area contributed by atoms with Gasteiger partial charge in [-0.15, -0.1) is 0 Å². The fourth-order valence-corrected chi connectivity index (χ4v) is 11.6. The van der Waals surface area contributed by atoms with Crippen LogP contribution in [0.2, 0.25) is 0 Å². The number of phenolic OH excluding ortho intramolecular Hbond substituents is 1. The van der Waals surface area contributed by atoms with Crippen molar-refractivity contribution in [2.45, 2.75) is 206 Å². The molecule has 98 heavy (non-hydrogen) atoms. The van der Waals surface area contributed by atoms with Gasteiger partial charge in [-0.1, -0.05) is 53.2 Å². The minimum atomic E-state index is -1.80. The van der Waals surface area contributed by atoms with Gasteiger partial charge >= 0.3 is 5.97 Å². The van der Waals surface area contributed by atoms with E-state index in [9.17, 15) is 78.0 Å². The standard InChI is InChI=1S/C67H114N14O16S/c1-38(2)28-45(60(70)92)33-53(85)50(17-13-26-76-67(73)74)78-64(96)46(30-42-18-20-48(84)21-19-42)34-54(86)49(16-9-11-24-69)77-65(97)47(36-58(90)91)35-57(89)59(41(6)83)81-63(95)44(22-27-98-7)32-56(88)52(37-82)80-62(94)43(15-12-25-75-66(71)72)31-55(87)51(29-39(3)4)79-61(93)40(5)14-8-10-23-68/h18-21,38-41,43-47,49-52,59,82-84H,8-17,22-37,68-69H2,1-7H3,(H2,70,92)(H,77,97)(H,78,96)(H,79,93)(H,80,94)(H,81,95)(H,90,91)(H4,71,72,75)(H4,73,74,76)/t40-,41+,43+,44+,45+,46+,47-,49-,50-,51-,52-,59-/m0/s1. The molecular weight excluding hydrogens is 1290 g/mol. The van der Waals surface area contributed by atoms with Crippen LogP contribution in [0, 0.1) is 47.3 Å². The molecule has 0 spiro atoms. The summed E-state index contributed by atoms with van der Waals surface area (Å²) in [5.74, 6) is -16.6. The fourth-order valence-electron chi connectivity index (χ4n) is 11.1. The normalized spacial score (nSPS) is 15.0. The zero-order valence-electron chi connectivity index (χ0n) is 58.3. The molecule has 0 radical (unpaired) electrons. The third-order valence-corrected chi connectivity index (χ3v) is 17.3. The Labute approximate surface area is 580 Å². The lowest BCUT2D eigenvalue weighted by atomic mass is 9.87. The largest absolute Gasteiger partial charge is 0.508 e. The zero-order chi connectivity index (χ0) is 74.2. The predicted molar refractivity (Wildman–Crippen MR) is 374 cm³/mol. The molecule has 0 saturated carbocycles. The number of carboxylic acid groups (broad SMARTS) is 1. The summed E-state index contributed by atoms with van der Waals surface area (Å²) in [5, 5.41) is 55.0. The quantitative estimate of drug-likeness (QED) is 0.0239. The van der Waals surface area contributed by atoms with Crippen LogP contribution >= 0.6 is 11.8 Å². The number of carbonyl (C=O) groups is 12. The second-order valence-electron chi connectivity index (χ2n) is 26.3. The molecule has 0 aliphatic carbocycles. The summed E-state index contributed by atoms with van der Waals surface area (Å²) in [7, 11) is 0. The summed E-state index contributed by atoms with van der Waals surface area (Å²) in [6, 6.07) is -1.20. The summed E-state index contributed by atoms with van der Waals surface area (Å²) in [4.78, 5) is 175. The molecule has 0 aliphatic rings. The number of nitrogens with two attached hydrogens (primary N) is 7. The third kappa shape index (κ3) is 36.3. The SMILES string of the molecule is CSCC[C@H](CC(=O)[C@H](CO)NC(=O)[C@H](CCCN=C(N)N)CC(=O)[C@H](CC(C)C)NC(=O)[C@@H](C)CCCCN)C(=O)N[C@H](C(=O)C[C@@H](CC(=O)O)C(=O)N[C@@H](CCCCN)C(=O)C[C@@H](Cc1ccc(O)cc1)C(=O)N[C@@H](CCCN=C(N)N)C(=O)C[C@@H](CC(C)C)C(N)=O)[C@@H](C)O. The smallest absolute Gasteiger partial charge is 0.304 e. The first-order valence-electron chi connectivity index (χ1n) is 33.9. The number of thioether (sulfide) groups is 1. The van der Waals surface area contributed by atoms with Crippen molar-refractivity contribution in [3.8, 4) is 5.75 Å². The van der Waals surface area contributed by atoms with Crippen molar-refractivity contribution in [1.82, 2.24) is 26.6 Å². The number of primary amides is 1. The van der Waals surface area contributed by atoms with Crippen molar-refractivity contribution in [3.05, 3.63) is 29.8 Å². The molecule has 0 aromatic heterocycles. The maximum Gasteiger partial charge on any atom is 0.304 e. The topological polar surface area (TPSA) is 553 Å². The van der Waals surface area contributed by atoms with Gasteiger partial charge in [0.1, 0.15) is 17.8 Å². The van der Waals surface area contributed by atoms with Gasteiger partial charge in [0, 0.05) is 74.8 Å². The number of guanidine groups is 2. The molecule has 0 fully saturated rings. The first kappa shape index (κ1) is 88.4. The van der Waals surface area contributed by atoms with Crippen LogP contribution in [0.5, 0.6) is 5.75 Å². The van der Waals surface area contributed by atoms with Crippen LogP contribution in [0.1, 0.15) is 169 Å². The summed E-state index contributed by atoms with van der Waals surface area (Å²) in [5.41, 5.74) is 39.7. The van der Waals surface area contributed by atoms with Gasteiger partial charge in [-0.25, -0.2) is 0 Å². The van der Waals surface area contributed by atoms with Crippen molar-refractivity contribution >= 4 is 94.0 Å². The Bertz CT molecular complexity index is 2780. The fraction of sp³-hybridized carbons (Fsp3) is 0.701. The molecule has 1 rings (SSSR count). The van der Waals surface area contributed by atoms with E-state index in [0.717, 1.165) is 13.3 Å². The monoisotopic (exact) mass is 1400 g/mol. The van der Waals surface area contributed by atoms with E-state index >= 15 is 0 Å². The number of phenols is 1. The maximum atomic E-state index is 14.6. The van der Waals surface area contributed by atoms with E-state index in [1.807, 2.05) is 27.7 Å². The Morgan fingerprint density at radius 3 is 1.40 bits per heavy atom. The molecule has 12 atom stereocenters. The number of ketones is 5. The van der Waals surface area contributed by atoms with E-state index in [4.69, 9.17) is 40.1 Å². The van der Waals surface area contributed by atoms with Crippen LogP contribution in [0.4, 0.5) is 0 Å². The number of hydrogen-bond acceptors (Lipinski definition) is 20. The van der Waals surface area contributed by atoms with Crippen LogP contribution in [-0.4, -0.2) is 184 Å². The van der Waals surface area contributed by atoms with Crippen LogP contribution in [0.25, 0.3) is 0 Å². The number of nitrogens with one attached hydrogen (secondary N) is 5. The summed E-state index contributed by atoms with van der Waals surface area (Å²) in [6.07, 6.45) is -0.312. The van der Waals surface area contributed by atoms with Gasteiger partial charge in [-0.3, -0.25) is 67.5 Å². The Kier molecular flexibility index (Phi) is 43.5. The zero-order valence-corrected chi connectivity index (χ0v) is 59.1. The molecule has 6 amide bonds. The number of hydrogen-bond donors (Lipinski definition) is 16. The Morgan fingerprint density at radius 1 is 0.480 bits per heavy atom. The number of carbonyl (C=O) groups excluding carboxylic acids is 11. The van der Waals surface area contributed by atoms with E-state index in [1.165, 1.54) is 36.0 Å². The Hall–Kier alpha value is -7.61. The highest BCUT2D eigenvalue weighted by atomic mass is 32.2. The van der Waals surface area contributed by atoms with E-state index < -0.39 is 169 Å². The number of rotatable bonds is 55. The minimum Gasteiger partial charge on any atom is -0.508 e. The molecular formula is C67H114N14O16S. The van der Waals surface area contributed by atoms with Crippen LogP contribution in [-0.2, 0) is 64.0 Å². The number of Topliss-reactive ketones (excluding diaryl/α,β-unsaturated/α-hetero) is 5. The number of aliphatic hydroxyl groups excluding tert-OH is 2. The van der Waals surface area contributed by atoms with E-state index in [0.29, 0.717) is 31.4 Å². The number of carboxylic acids is 1. The summed E-state index contributed by atoms with van der Waals surface area (Å²) < 4.78 is 0. The third-order valence-electron chi connectivity index (χ3n) is 16.7. The van der Waals surface area contributed by atoms with Crippen LogP contribution < -0.4 is 66.7 Å². The first-order chi connectivity index (χ1) is 46.2. The van der Waals surface area contributed by atoms with Crippen molar-refractivity contribution in [3.63, 3.8) is 0 Å². The van der Waals surface area contributed by atoms with E-state index in [1.54, 1.807) is 13.2 Å². The number of aliphatic imine (C=N–C) groups is 2. The number of unbranched alkanes of at least 4 members (excludes halogenated alkanes) is 2. The van der Waals surface area contributed by atoms with Gasteiger partial charge in [0.2, 0.25) is 35.4 Å². The highest BCUT2D eigenvalue weighted by Gasteiger charge is 2.38. The molecule has 0 bridgehead atoms. The molecule has 554 valence electrons. The number of aliphatic hydroxyl groups is 2. The van der Waals surface area contributed by atoms with Crippen LogP contribution in [0.15, 0.2) is 34.3 Å². The van der Waals surface area contributed by atoms with Gasteiger partial charge in [0.05, 0.1) is 43.2 Å². The minimum absolute atomic E-state index is 0.00162. The summed E-state index contributed by atoms with van der Waals surface area (Å²) >= 11 is 1.30. The molecule has 31 heteroatoms. The second-order valence-corrected chi connectivity index (χ2v) is 27.3. The van der Waals surface area contributed by atoms with Crippen molar-refractivity contribution in [1.29, 1.82) is 0 Å². The number of benzene rings is 1. The molecule has 1 aromatic rings. The maximum absolute atomic E-state index is 14.6. The van der Waals surface area contributed by atoms with Crippen molar-refractivity contribution in [2.75, 3.05) is 44.8 Å². The van der Waals surface area contributed by atoms with Gasteiger partial charge in [-0.05, 0) is 145 Å². The predicted octanol–water partition coefficient (Wildman–Crippen LogP) is 0.415. The Balaban J connectivity index is 3.64. The molecule has 0 saturated heterocycles. The van der Waals surface area contributed by atoms with Crippen molar-refractivity contribution < 1.29 is 78.0 Å². The van der Waals surface area contributed by atoms with Crippen LogP contribution in [0.3, 0.4) is 0 Å². The molecule has 1 aromatic carbocycles. The number of amides is 6. The lowest BCUT2D eigenvalue weighted by molar-refractivity contribution is -0.143. The molecule has 0 heterocycles. The summed E-state index contributed by atoms with van der Waals surface area (Å²) in [6.45, 7) is 10.2. The highest BCUT2D eigenvalue weighted by molar-refractivity contribution is 7.98. The molecule has 30 nitrogen and oxygen atoms in total. The number of aliphatic carboxylic acids is 1. The lowest BCUT2D eigenvalue weighted by Gasteiger charge is -2.27. The van der Waals surface area contributed by atoms with Gasteiger partial charge in [-0.2, -0.15) is 11.8 Å². The average molecular weight is 1400 g/mol. The number of nitrogens with zero attached hydrogens (tertiary/aromatic N) is 2. The Morgan fingerprint density at radius 2 is 0.908 bits per heavy atom. The molecule has 0 aliphatic heterocycles. The molecule has 0 unspecified atom stereocenters. The lowest BCUT2D eigenvalue weighted by Crippen LogP contribution is -2.52. The van der Waals surface area contributed by atoms with Gasteiger partial charge in [0.25, 0.3) is 0 Å². The van der Waals surface area contributed by atoms with E-state index in [-0.39, 0.29) is 138 Å². The van der Waals surface area contributed by atoms with E-state index in [2.05, 4.69) is 36.6 Å².